The Bertz CT molecular complexity index is 360. The van der Waals surface area contributed by atoms with Crippen LogP contribution in [-0.2, 0) is 4.74 Å². The van der Waals surface area contributed by atoms with Gasteiger partial charge in [-0.3, -0.25) is 3.53 Å². The standard InChI is InChI=1S/C16H28IN3O2/c17-18-13-3-5-15(6-4-13)22-16(21)20-11-7-14(8-12-20)19-9-1-2-10-19/h13-15,18H,1-12H2. The van der Waals surface area contributed by atoms with E-state index in [2.05, 4.69) is 31.3 Å². The minimum Gasteiger partial charge on any atom is -0.446 e. The predicted molar refractivity (Wildman–Crippen MR) is 95.1 cm³/mol. The summed E-state index contributed by atoms with van der Waals surface area (Å²) in [5, 5.41) is 0. The third kappa shape index (κ3) is 4.26. The molecule has 0 spiro atoms. The minimum atomic E-state index is -0.0780. The molecule has 1 aliphatic carbocycles. The quantitative estimate of drug-likeness (QED) is 0.563. The lowest BCUT2D eigenvalue weighted by Crippen LogP contribution is -2.47. The van der Waals surface area contributed by atoms with E-state index < -0.39 is 0 Å². The van der Waals surface area contributed by atoms with Crippen molar-refractivity contribution in [1.29, 1.82) is 0 Å². The molecule has 0 atom stereocenters. The van der Waals surface area contributed by atoms with Crippen molar-refractivity contribution in [1.82, 2.24) is 13.3 Å². The first-order valence-electron chi connectivity index (χ1n) is 8.82. The molecule has 0 radical (unpaired) electrons. The topological polar surface area (TPSA) is 44.8 Å². The highest BCUT2D eigenvalue weighted by atomic mass is 127. The zero-order valence-electron chi connectivity index (χ0n) is 13.3. The van der Waals surface area contributed by atoms with E-state index in [0.29, 0.717) is 12.1 Å². The van der Waals surface area contributed by atoms with Gasteiger partial charge in [-0.15, -0.1) is 0 Å². The van der Waals surface area contributed by atoms with Crippen LogP contribution in [0.25, 0.3) is 0 Å². The SMILES string of the molecule is O=C(OC1CCC(NI)CC1)N1CCC(N2CCCC2)CC1. The van der Waals surface area contributed by atoms with Gasteiger partial charge in [0.05, 0.1) is 0 Å². The molecule has 6 heteroatoms. The summed E-state index contributed by atoms with van der Waals surface area (Å²) in [6, 6.07) is 1.28. The minimum absolute atomic E-state index is 0.0780. The number of rotatable bonds is 3. The number of carbonyl (C=O) groups excluding carboxylic acids is 1. The third-order valence-electron chi connectivity index (χ3n) is 5.48. The molecule has 0 bridgehead atoms. The maximum absolute atomic E-state index is 12.3. The first-order chi connectivity index (χ1) is 10.8. The third-order valence-corrected chi connectivity index (χ3v) is 6.36. The van der Waals surface area contributed by atoms with E-state index in [1.54, 1.807) is 0 Å². The van der Waals surface area contributed by atoms with Gasteiger partial charge in [-0.25, -0.2) is 4.79 Å². The summed E-state index contributed by atoms with van der Waals surface area (Å²) in [5.74, 6) is 0. The molecule has 1 N–H and O–H groups in total. The summed E-state index contributed by atoms with van der Waals surface area (Å²) in [4.78, 5) is 16.9. The van der Waals surface area contributed by atoms with E-state index in [0.717, 1.165) is 51.6 Å². The average molecular weight is 421 g/mol. The van der Waals surface area contributed by atoms with Crippen LogP contribution in [0.2, 0.25) is 0 Å². The van der Waals surface area contributed by atoms with Crippen molar-refractivity contribution in [2.45, 2.75) is 69.6 Å². The van der Waals surface area contributed by atoms with Crippen LogP contribution in [0, 0.1) is 0 Å². The molecule has 2 saturated heterocycles. The van der Waals surface area contributed by atoms with Crippen molar-refractivity contribution in [2.24, 2.45) is 0 Å². The number of halogens is 1. The Morgan fingerprint density at radius 3 is 2.18 bits per heavy atom. The lowest BCUT2D eigenvalue weighted by molar-refractivity contribution is 0.0316. The van der Waals surface area contributed by atoms with Crippen molar-refractivity contribution in [2.75, 3.05) is 26.2 Å². The van der Waals surface area contributed by atoms with Gasteiger partial charge in [-0.2, -0.15) is 0 Å². The van der Waals surface area contributed by atoms with Crippen molar-refractivity contribution < 1.29 is 9.53 Å². The van der Waals surface area contributed by atoms with Gasteiger partial charge in [0, 0.05) is 48.0 Å². The molecular weight excluding hydrogens is 393 g/mol. The number of ether oxygens (including phenoxy) is 1. The summed E-state index contributed by atoms with van der Waals surface area (Å²) in [6.45, 7) is 4.24. The van der Waals surface area contributed by atoms with Crippen molar-refractivity contribution in [3.63, 3.8) is 0 Å². The van der Waals surface area contributed by atoms with Crippen LogP contribution in [0.15, 0.2) is 0 Å². The van der Waals surface area contributed by atoms with Gasteiger partial charge in [-0.05, 0) is 64.5 Å². The Kier molecular flexibility index (Phi) is 6.21. The summed E-state index contributed by atoms with van der Waals surface area (Å²) in [5.41, 5.74) is 0. The maximum atomic E-state index is 12.3. The van der Waals surface area contributed by atoms with E-state index in [1.165, 1.54) is 25.9 Å². The number of likely N-dealkylation sites (tertiary alicyclic amines) is 2. The second-order valence-corrected chi connectivity index (χ2v) is 7.55. The molecule has 0 unspecified atom stereocenters. The number of piperidine rings is 1. The van der Waals surface area contributed by atoms with Crippen LogP contribution < -0.4 is 3.53 Å². The summed E-state index contributed by atoms with van der Waals surface area (Å²) in [6.07, 6.45) is 9.17. The molecule has 22 heavy (non-hydrogen) atoms. The number of hydrogen-bond acceptors (Lipinski definition) is 4. The lowest BCUT2D eigenvalue weighted by Gasteiger charge is -2.37. The second-order valence-electron chi connectivity index (χ2n) is 6.93. The fourth-order valence-electron chi connectivity index (χ4n) is 4.03. The molecule has 0 aromatic carbocycles. The number of hydrogen-bond donors (Lipinski definition) is 1. The van der Waals surface area contributed by atoms with E-state index in [-0.39, 0.29) is 12.2 Å². The Balaban J connectivity index is 1.38. The number of nitrogens with zero attached hydrogens (tertiary/aromatic N) is 2. The van der Waals surface area contributed by atoms with Gasteiger partial charge in [0.2, 0.25) is 0 Å². The van der Waals surface area contributed by atoms with Gasteiger partial charge in [0.1, 0.15) is 6.10 Å². The first kappa shape index (κ1) is 16.8. The number of amides is 1. The van der Waals surface area contributed by atoms with E-state index >= 15 is 0 Å². The molecule has 2 aliphatic heterocycles. The molecule has 0 aromatic heterocycles. The summed E-state index contributed by atoms with van der Waals surface area (Å²) >= 11 is 2.22. The number of nitrogens with one attached hydrogen (secondary N) is 1. The molecule has 3 fully saturated rings. The van der Waals surface area contributed by atoms with Crippen molar-refractivity contribution >= 4 is 29.0 Å². The highest BCUT2D eigenvalue weighted by Crippen LogP contribution is 2.24. The molecular formula is C16H28IN3O2. The highest BCUT2D eigenvalue weighted by molar-refractivity contribution is 14.1. The number of carbonyl (C=O) groups is 1. The molecule has 126 valence electrons. The Morgan fingerprint density at radius 2 is 1.59 bits per heavy atom. The molecule has 1 saturated carbocycles. The van der Waals surface area contributed by atoms with Gasteiger partial charge >= 0.3 is 6.09 Å². The fourth-order valence-corrected chi connectivity index (χ4v) is 4.65. The molecule has 3 rings (SSSR count). The van der Waals surface area contributed by atoms with Crippen LogP contribution in [0.3, 0.4) is 0 Å². The van der Waals surface area contributed by atoms with Crippen LogP contribution in [0.1, 0.15) is 51.4 Å². The Hall–Kier alpha value is -0.0800. The fraction of sp³-hybridized carbons (Fsp3) is 0.938. The smallest absolute Gasteiger partial charge is 0.410 e. The second kappa shape index (κ2) is 8.15. The predicted octanol–water partition coefficient (Wildman–Crippen LogP) is 2.93. The summed E-state index contributed by atoms with van der Waals surface area (Å²) < 4.78 is 9.01. The molecule has 5 nitrogen and oxygen atoms in total. The van der Waals surface area contributed by atoms with E-state index in [9.17, 15) is 4.79 Å². The van der Waals surface area contributed by atoms with Crippen LogP contribution in [-0.4, -0.2) is 60.3 Å². The Labute approximate surface area is 147 Å². The molecule has 0 aromatic rings. The maximum Gasteiger partial charge on any atom is 0.410 e. The molecule has 2 heterocycles. The van der Waals surface area contributed by atoms with Crippen LogP contribution in [0.4, 0.5) is 4.79 Å². The van der Waals surface area contributed by atoms with E-state index in [4.69, 9.17) is 4.74 Å². The average Bonchev–Trinajstić information content (AvgIpc) is 3.10. The Morgan fingerprint density at radius 1 is 0.955 bits per heavy atom. The first-order valence-corrected chi connectivity index (χ1v) is 9.90. The zero-order chi connectivity index (χ0) is 15.4. The van der Waals surface area contributed by atoms with Gasteiger partial charge < -0.3 is 14.5 Å². The van der Waals surface area contributed by atoms with E-state index in [1.807, 2.05) is 4.90 Å². The molecule has 3 aliphatic rings. The van der Waals surface area contributed by atoms with Gasteiger partial charge in [0.25, 0.3) is 0 Å². The normalized spacial score (nSPS) is 31.4. The monoisotopic (exact) mass is 421 g/mol. The largest absolute Gasteiger partial charge is 0.446 e. The van der Waals surface area contributed by atoms with Crippen LogP contribution >= 0.6 is 22.9 Å². The lowest BCUT2D eigenvalue weighted by atomic mass is 9.94. The van der Waals surface area contributed by atoms with Gasteiger partial charge in [-0.1, -0.05) is 0 Å². The van der Waals surface area contributed by atoms with Gasteiger partial charge in [0.15, 0.2) is 0 Å². The summed E-state index contributed by atoms with van der Waals surface area (Å²) in [7, 11) is 0. The van der Waals surface area contributed by atoms with Crippen molar-refractivity contribution in [3.8, 4) is 0 Å². The molecule has 1 amide bonds. The van der Waals surface area contributed by atoms with Crippen molar-refractivity contribution in [3.05, 3.63) is 0 Å². The van der Waals surface area contributed by atoms with Crippen LogP contribution in [0.5, 0.6) is 0 Å². The highest BCUT2D eigenvalue weighted by Gasteiger charge is 2.30. The zero-order valence-corrected chi connectivity index (χ0v) is 15.5.